The number of aromatic nitrogens is 3. The van der Waals surface area contributed by atoms with Crippen LogP contribution in [0.5, 0.6) is 0 Å². The Morgan fingerprint density at radius 2 is 1.87 bits per heavy atom. The molecular formula is C23H26N4O3S. The lowest BCUT2D eigenvalue weighted by Crippen LogP contribution is -2.33. The number of aryl methyl sites for hydroxylation is 1. The molecule has 7 nitrogen and oxygen atoms in total. The van der Waals surface area contributed by atoms with Crippen molar-refractivity contribution in [1.29, 1.82) is 0 Å². The summed E-state index contributed by atoms with van der Waals surface area (Å²) in [6, 6.07) is 14.9. The highest BCUT2D eigenvalue weighted by atomic mass is 32.2. The Kier molecular flexibility index (Phi) is 5.91. The molecule has 4 rings (SSSR count). The van der Waals surface area contributed by atoms with Crippen LogP contribution in [0.1, 0.15) is 53.9 Å². The molecule has 0 spiro atoms. The van der Waals surface area contributed by atoms with E-state index in [9.17, 15) is 13.2 Å². The van der Waals surface area contributed by atoms with Crippen LogP contribution in [0.4, 0.5) is 0 Å². The Hall–Kier alpha value is -3.00. The second-order valence-corrected chi connectivity index (χ2v) is 10.2. The molecular weight excluding hydrogens is 412 g/mol. The summed E-state index contributed by atoms with van der Waals surface area (Å²) < 4.78 is 27.8. The van der Waals surface area contributed by atoms with E-state index in [4.69, 9.17) is 0 Å². The van der Waals surface area contributed by atoms with Crippen molar-refractivity contribution in [2.75, 3.05) is 0 Å². The number of carbonyl (C=O) groups excluding carboxylic acids is 1. The van der Waals surface area contributed by atoms with Gasteiger partial charge in [0.2, 0.25) is 0 Å². The maximum atomic E-state index is 13.0. The highest BCUT2D eigenvalue weighted by molar-refractivity contribution is 7.90. The van der Waals surface area contributed by atoms with Crippen LogP contribution in [0.25, 0.3) is 0 Å². The number of nitrogens with zero attached hydrogens (tertiary/aromatic N) is 3. The number of hydrogen-bond acceptors (Lipinski definition) is 5. The van der Waals surface area contributed by atoms with E-state index in [-0.39, 0.29) is 28.5 Å². The van der Waals surface area contributed by atoms with E-state index in [2.05, 4.69) is 20.1 Å². The van der Waals surface area contributed by atoms with Crippen molar-refractivity contribution >= 4 is 15.7 Å². The zero-order valence-electron chi connectivity index (χ0n) is 17.7. The molecule has 1 aliphatic heterocycles. The van der Waals surface area contributed by atoms with E-state index >= 15 is 0 Å². The van der Waals surface area contributed by atoms with Crippen molar-refractivity contribution in [3.05, 3.63) is 77.4 Å². The van der Waals surface area contributed by atoms with Crippen LogP contribution in [0.3, 0.4) is 0 Å². The fourth-order valence-corrected chi connectivity index (χ4v) is 5.26. The number of sulfone groups is 1. The lowest BCUT2D eigenvalue weighted by molar-refractivity contribution is 0.0921. The third-order valence-corrected chi connectivity index (χ3v) is 7.21. The zero-order valence-corrected chi connectivity index (χ0v) is 18.5. The molecule has 31 heavy (non-hydrogen) atoms. The minimum absolute atomic E-state index is 0.0999. The van der Waals surface area contributed by atoms with Crippen molar-refractivity contribution in [3.63, 3.8) is 0 Å². The lowest BCUT2D eigenvalue weighted by atomic mass is 10.0. The molecule has 2 aromatic carbocycles. The monoisotopic (exact) mass is 438 g/mol. The van der Waals surface area contributed by atoms with E-state index < -0.39 is 9.84 Å². The normalized spacial score (nSPS) is 14.4. The molecule has 0 radical (unpaired) electrons. The molecule has 0 saturated heterocycles. The van der Waals surface area contributed by atoms with Crippen molar-refractivity contribution in [3.8, 4) is 0 Å². The summed E-state index contributed by atoms with van der Waals surface area (Å²) in [5, 5.41) is 11.6. The van der Waals surface area contributed by atoms with E-state index in [1.54, 1.807) is 24.3 Å². The second kappa shape index (κ2) is 8.63. The number of carbonyl (C=O) groups is 1. The van der Waals surface area contributed by atoms with E-state index in [0.29, 0.717) is 11.1 Å². The highest BCUT2D eigenvalue weighted by Crippen LogP contribution is 2.25. The minimum Gasteiger partial charge on any atom is -0.342 e. The Labute approximate surface area is 182 Å². The largest absolute Gasteiger partial charge is 0.342 e. The van der Waals surface area contributed by atoms with Gasteiger partial charge in [0, 0.05) is 18.5 Å². The zero-order chi connectivity index (χ0) is 22.0. The van der Waals surface area contributed by atoms with Gasteiger partial charge >= 0.3 is 0 Å². The van der Waals surface area contributed by atoms with Gasteiger partial charge in [-0.25, -0.2) is 8.42 Å². The van der Waals surface area contributed by atoms with Gasteiger partial charge in [0.25, 0.3) is 5.91 Å². The van der Waals surface area contributed by atoms with Gasteiger partial charge in [-0.15, -0.1) is 10.2 Å². The van der Waals surface area contributed by atoms with Crippen molar-refractivity contribution in [2.45, 2.75) is 49.9 Å². The summed E-state index contributed by atoms with van der Waals surface area (Å²) in [5.74, 6) is 1.36. The molecule has 0 aliphatic carbocycles. The molecule has 1 aliphatic rings. The number of fused-ring (bicyclic) bond motifs is 1. The smallest absolute Gasteiger partial charge is 0.251 e. The first-order valence-corrected chi connectivity index (χ1v) is 12.1. The third-order valence-electron chi connectivity index (χ3n) is 5.52. The molecule has 0 unspecified atom stereocenters. The number of benzene rings is 2. The third kappa shape index (κ3) is 4.54. The van der Waals surface area contributed by atoms with E-state index in [1.165, 1.54) is 12.1 Å². The van der Waals surface area contributed by atoms with E-state index in [0.717, 1.165) is 31.0 Å². The van der Waals surface area contributed by atoms with Crippen LogP contribution in [0.2, 0.25) is 0 Å². The summed E-state index contributed by atoms with van der Waals surface area (Å²) in [4.78, 5) is 13.2. The summed E-state index contributed by atoms with van der Waals surface area (Å²) in [7, 11) is -3.57. The Balaban J connectivity index is 1.56. The Bertz CT molecular complexity index is 1190. The summed E-state index contributed by atoms with van der Waals surface area (Å²) in [5.41, 5.74) is 1.01. The van der Waals surface area contributed by atoms with Gasteiger partial charge in [-0.05, 0) is 36.1 Å². The van der Waals surface area contributed by atoms with Crippen LogP contribution in [0.15, 0.2) is 59.5 Å². The lowest BCUT2D eigenvalue weighted by Gasteiger charge is -2.22. The van der Waals surface area contributed by atoms with Gasteiger partial charge in [0.05, 0.1) is 16.7 Å². The van der Waals surface area contributed by atoms with Crippen LogP contribution in [-0.4, -0.2) is 29.1 Å². The summed E-state index contributed by atoms with van der Waals surface area (Å²) >= 11 is 0. The standard InChI is InChI=1S/C23H26N4O3S/c1-16(2)21(22-26-25-20-12-7-13-27(20)22)24-23(28)18-10-6-11-19(14-18)31(29,30)15-17-8-4-3-5-9-17/h3-6,8-11,14,16,21H,7,12-13,15H2,1-2H3,(H,24,28)/t21-/m1/s1. The minimum atomic E-state index is -3.57. The Morgan fingerprint density at radius 1 is 1.10 bits per heavy atom. The summed E-state index contributed by atoms with van der Waals surface area (Å²) in [6.07, 6.45) is 1.92. The number of amides is 1. The fraction of sp³-hybridized carbons (Fsp3) is 0.348. The quantitative estimate of drug-likeness (QED) is 0.611. The molecule has 1 N–H and O–H groups in total. The molecule has 1 amide bonds. The second-order valence-electron chi connectivity index (χ2n) is 8.20. The highest BCUT2D eigenvalue weighted by Gasteiger charge is 2.28. The molecule has 0 saturated carbocycles. The molecule has 0 fully saturated rings. The summed E-state index contributed by atoms with van der Waals surface area (Å²) in [6.45, 7) is 4.88. The topological polar surface area (TPSA) is 93.9 Å². The van der Waals surface area contributed by atoms with Crippen molar-refractivity contribution < 1.29 is 13.2 Å². The SMILES string of the molecule is CC(C)[C@@H](NC(=O)c1cccc(S(=O)(=O)Cc2ccccc2)c1)c1nnc2n1CCC2. The van der Waals surface area contributed by atoms with Gasteiger partial charge in [-0.2, -0.15) is 0 Å². The number of hydrogen-bond donors (Lipinski definition) is 1. The molecule has 1 aromatic heterocycles. The van der Waals surface area contributed by atoms with Gasteiger partial charge in [0.1, 0.15) is 5.82 Å². The molecule has 3 aromatic rings. The van der Waals surface area contributed by atoms with Gasteiger partial charge in [-0.1, -0.05) is 50.2 Å². The Morgan fingerprint density at radius 3 is 2.61 bits per heavy atom. The molecule has 162 valence electrons. The first kappa shape index (κ1) is 21.2. The fourth-order valence-electron chi connectivity index (χ4n) is 3.86. The average Bonchev–Trinajstić information content (AvgIpc) is 3.36. The molecule has 2 heterocycles. The van der Waals surface area contributed by atoms with E-state index in [1.807, 2.05) is 32.0 Å². The van der Waals surface area contributed by atoms with Crippen LogP contribution in [0, 0.1) is 5.92 Å². The van der Waals surface area contributed by atoms with Crippen molar-refractivity contribution in [2.24, 2.45) is 5.92 Å². The number of nitrogens with one attached hydrogen (secondary N) is 1. The van der Waals surface area contributed by atoms with Gasteiger partial charge < -0.3 is 9.88 Å². The maximum absolute atomic E-state index is 13.0. The first-order valence-electron chi connectivity index (χ1n) is 10.4. The first-order chi connectivity index (χ1) is 14.8. The van der Waals surface area contributed by atoms with Crippen LogP contribution in [-0.2, 0) is 28.6 Å². The predicted molar refractivity (Wildman–Crippen MR) is 117 cm³/mol. The predicted octanol–water partition coefficient (Wildman–Crippen LogP) is 3.33. The van der Waals surface area contributed by atoms with Crippen molar-refractivity contribution in [1.82, 2.24) is 20.1 Å². The molecule has 1 atom stereocenters. The van der Waals surface area contributed by atoms with Crippen LogP contribution >= 0.6 is 0 Å². The van der Waals surface area contributed by atoms with Crippen LogP contribution < -0.4 is 5.32 Å². The molecule has 8 heteroatoms. The van der Waals surface area contributed by atoms with Gasteiger partial charge in [-0.3, -0.25) is 4.79 Å². The average molecular weight is 439 g/mol. The maximum Gasteiger partial charge on any atom is 0.251 e. The molecule has 0 bridgehead atoms. The van der Waals surface area contributed by atoms with Gasteiger partial charge in [0.15, 0.2) is 15.7 Å². The number of rotatable bonds is 7.